The van der Waals surface area contributed by atoms with E-state index in [4.69, 9.17) is 9.47 Å². The van der Waals surface area contributed by atoms with E-state index in [0.717, 1.165) is 4.47 Å². The molecular formula is C17H21BrN2O4. The Morgan fingerprint density at radius 1 is 1.33 bits per heavy atom. The van der Waals surface area contributed by atoms with Crippen LogP contribution in [0.3, 0.4) is 0 Å². The third kappa shape index (κ3) is 4.10. The molecule has 1 aromatic carbocycles. The van der Waals surface area contributed by atoms with Crippen molar-refractivity contribution in [3.63, 3.8) is 0 Å². The van der Waals surface area contributed by atoms with Gasteiger partial charge in [0.25, 0.3) is 5.91 Å². The number of nitrogens with one attached hydrogen (secondary N) is 1. The molecule has 1 heterocycles. The number of carbonyl (C=O) groups is 1. The van der Waals surface area contributed by atoms with Gasteiger partial charge < -0.3 is 24.5 Å². The minimum atomic E-state index is -0.910. The maximum absolute atomic E-state index is 12.3. The quantitative estimate of drug-likeness (QED) is 0.754. The highest BCUT2D eigenvalue weighted by Gasteiger charge is 2.18. The number of aromatic nitrogens is 1. The Kier molecular flexibility index (Phi) is 6.28. The van der Waals surface area contributed by atoms with Crippen LogP contribution in [0.4, 0.5) is 0 Å². The first-order valence-corrected chi connectivity index (χ1v) is 8.33. The number of aliphatic hydroxyl groups excluding tert-OH is 1. The zero-order valence-electron chi connectivity index (χ0n) is 13.9. The summed E-state index contributed by atoms with van der Waals surface area (Å²) in [4.78, 5) is 12.3. The summed E-state index contributed by atoms with van der Waals surface area (Å²) in [5, 5.41) is 13.2. The van der Waals surface area contributed by atoms with E-state index < -0.39 is 6.10 Å². The highest BCUT2D eigenvalue weighted by Crippen LogP contribution is 2.29. The molecule has 0 saturated heterocycles. The Morgan fingerprint density at radius 2 is 2.08 bits per heavy atom. The molecule has 0 aliphatic carbocycles. The van der Waals surface area contributed by atoms with Crippen molar-refractivity contribution < 1.29 is 19.4 Å². The number of aliphatic hydroxyl groups is 1. The molecule has 1 unspecified atom stereocenters. The first-order chi connectivity index (χ1) is 11.5. The number of carbonyl (C=O) groups excluding carboxylic acids is 1. The Balaban J connectivity index is 2.10. The van der Waals surface area contributed by atoms with Crippen LogP contribution in [0.5, 0.6) is 11.5 Å². The molecule has 1 amide bonds. The second-order valence-electron chi connectivity index (χ2n) is 5.16. The summed E-state index contributed by atoms with van der Waals surface area (Å²) >= 11 is 3.36. The molecule has 130 valence electrons. The molecule has 0 radical (unpaired) electrons. The maximum Gasteiger partial charge on any atom is 0.268 e. The lowest BCUT2D eigenvalue weighted by atomic mass is 10.1. The van der Waals surface area contributed by atoms with Gasteiger partial charge in [-0.1, -0.05) is 0 Å². The summed E-state index contributed by atoms with van der Waals surface area (Å²) in [6.07, 6.45) is 0.934. The number of nitrogens with zero attached hydrogens (tertiary/aromatic N) is 1. The molecule has 0 bridgehead atoms. The monoisotopic (exact) mass is 396 g/mol. The molecule has 24 heavy (non-hydrogen) atoms. The van der Waals surface area contributed by atoms with E-state index in [2.05, 4.69) is 21.2 Å². The van der Waals surface area contributed by atoms with Gasteiger partial charge in [0.1, 0.15) is 23.3 Å². The van der Waals surface area contributed by atoms with E-state index in [9.17, 15) is 9.90 Å². The predicted molar refractivity (Wildman–Crippen MR) is 94.6 cm³/mol. The van der Waals surface area contributed by atoms with Crippen molar-refractivity contribution in [1.29, 1.82) is 0 Å². The third-order valence-corrected chi connectivity index (χ3v) is 4.12. The molecule has 2 N–H and O–H groups in total. The molecule has 1 atom stereocenters. The van der Waals surface area contributed by atoms with Gasteiger partial charge in [-0.2, -0.15) is 0 Å². The van der Waals surface area contributed by atoms with Gasteiger partial charge in [0.15, 0.2) is 0 Å². The number of amides is 1. The SMILES string of the molecule is CCn1cc(Br)cc1C(=O)NCC(O)c1cc(OC)ccc1OC. The van der Waals surface area contributed by atoms with Gasteiger partial charge >= 0.3 is 0 Å². The molecule has 1 aromatic heterocycles. The minimum absolute atomic E-state index is 0.0644. The summed E-state index contributed by atoms with van der Waals surface area (Å²) in [5.74, 6) is 0.903. The number of aryl methyl sites for hydroxylation is 1. The van der Waals surface area contributed by atoms with Gasteiger partial charge in [-0.05, 0) is 47.1 Å². The molecule has 2 rings (SSSR count). The minimum Gasteiger partial charge on any atom is -0.497 e. The van der Waals surface area contributed by atoms with Crippen LogP contribution in [0.2, 0.25) is 0 Å². The van der Waals surface area contributed by atoms with Crippen LogP contribution in [0.15, 0.2) is 34.9 Å². The maximum atomic E-state index is 12.3. The number of methoxy groups -OCH3 is 2. The van der Waals surface area contributed by atoms with Crippen LogP contribution < -0.4 is 14.8 Å². The van der Waals surface area contributed by atoms with Crippen LogP contribution in [0.1, 0.15) is 29.1 Å². The number of hydrogen-bond donors (Lipinski definition) is 2. The van der Waals surface area contributed by atoms with Crippen molar-refractivity contribution in [2.45, 2.75) is 19.6 Å². The first kappa shape index (κ1) is 18.4. The normalized spacial score (nSPS) is 11.9. The van der Waals surface area contributed by atoms with E-state index in [-0.39, 0.29) is 12.5 Å². The molecular weight excluding hydrogens is 376 g/mol. The highest BCUT2D eigenvalue weighted by atomic mass is 79.9. The molecule has 6 nitrogen and oxygen atoms in total. The number of rotatable bonds is 7. The fraction of sp³-hybridized carbons (Fsp3) is 0.353. The second-order valence-corrected chi connectivity index (χ2v) is 6.08. The second kappa shape index (κ2) is 8.21. The Morgan fingerprint density at radius 3 is 2.71 bits per heavy atom. The lowest BCUT2D eigenvalue weighted by Crippen LogP contribution is -2.30. The van der Waals surface area contributed by atoms with Gasteiger partial charge in [0.2, 0.25) is 0 Å². The summed E-state index contributed by atoms with van der Waals surface area (Å²) in [6.45, 7) is 2.70. The van der Waals surface area contributed by atoms with Gasteiger partial charge in [-0.15, -0.1) is 0 Å². The molecule has 0 spiro atoms. The van der Waals surface area contributed by atoms with Crippen LogP contribution in [-0.2, 0) is 6.54 Å². The van der Waals surface area contributed by atoms with Gasteiger partial charge in [0, 0.05) is 29.3 Å². The van der Waals surface area contributed by atoms with Crippen LogP contribution in [0, 0.1) is 0 Å². The van der Waals surface area contributed by atoms with Gasteiger partial charge in [0.05, 0.1) is 14.2 Å². The first-order valence-electron chi connectivity index (χ1n) is 7.54. The molecule has 0 saturated carbocycles. The van der Waals surface area contributed by atoms with E-state index >= 15 is 0 Å². The number of benzene rings is 1. The highest BCUT2D eigenvalue weighted by molar-refractivity contribution is 9.10. The topological polar surface area (TPSA) is 72.7 Å². The third-order valence-electron chi connectivity index (χ3n) is 3.69. The lowest BCUT2D eigenvalue weighted by molar-refractivity contribution is 0.0905. The van der Waals surface area contributed by atoms with Crippen molar-refractivity contribution >= 4 is 21.8 Å². The number of ether oxygens (including phenoxy) is 2. The zero-order valence-corrected chi connectivity index (χ0v) is 15.5. The average molecular weight is 397 g/mol. The van der Waals surface area contributed by atoms with Crippen LogP contribution in [0.25, 0.3) is 0 Å². The van der Waals surface area contributed by atoms with Crippen molar-refractivity contribution in [2.24, 2.45) is 0 Å². The lowest BCUT2D eigenvalue weighted by Gasteiger charge is -2.17. The fourth-order valence-electron chi connectivity index (χ4n) is 2.42. The van der Waals surface area contributed by atoms with Crippen molar-refractivity contribution in [1.82, 2.24) is 9.88 Å². The summed E-state index contributed by atoms with van der Waals surface area (Å²) < 4.78 is 13.1. The average Bonchev–Trinajstić information content (AvgIpc) is 2.99. The molecule has 0 fully saturated rings. The Labute approximate surface area is 149 Å². The smallest absolute Gasteiger partial charge is 0.268 e. The van der Waals surface area contributed by atoms with Crippen molar-refractivity contribution in [3.05, 3.63) is 46.2 Å². The molecule has 0 aliphatic heterocycles. The summed E-state index contributed by atoms with van der Waals surface area (Å²) in [7, 11) is 3.08. The zero-order chi connectivity index (χ0) is 17.7. The summed E-state index contributed by atoms with van der Waals surface area (Å²) in [6, 6.07) is 6.91. The van der Waals surface area contributed by atoms with Crippen LogP contribution in [-0.4, -0.2) is 36.3 Å². The van der Waals surface area contributed by atoms with E-state index in [1.54, 1.807) is 31.4 Å². The fourth-order valence-corrected chi connectivity index (χ4v) is 2.88. The van der Waals surface area contributed by atoms with Crippen molar-refractivity contribution in [2.75, 3.05) is 20.8 Å². The van der Waals surface area contributed by atoms with Gasteiger partial charge in [-0.3, -0.25) is 4.79 Å². The Bertz CT molecular complexity index is 715. The summed E-state index contributed by atoms with van der Waals surface area (Å²) in [5.41, 5.74) is 1.10. The standard InChI is InChI=1S/C17H21BrN2O4/c1-4-20-10-11(18)7-14(20)17(22)19-9-15(21)13-8-12(23-2)5-6-16(13)24-3/h5-8,10,15,21H,4,9H2,1-3H3,(H,19,22). The predicted octanol–water partition coefficient (Wildman–Crippen LogP) is 2.75. The Hall–Kier alpha value is -1.99. The molecule has 2 aromatic rings. The van der Waals surface area contributed by atoms with Gasteiger partial charge in [-0.25, -0.2) is 0 Å². The van der Waals surface area contributed by atoms with Crippen molar-refractivity contribution in [3.8, 4) is 11.5 Å². The largest absolute Gasteiger partial charge is 0.497 e. The number of hydrogen-bond acceptors (Lipinski definition) is 4. The molecule has 0 aliphatic rings. The van der Waals surface area contributed by atoms with E-state index in [0.29, 0.717) is 29.3 Å². The van der Waals surface area contributed by atoms with Crippen LogP contribution >= 0.6 is 15.9 Å². The molecule has 7 heteroatoms. The van der Waals surface area contributed by atoms with E-state index in [1.807, 2.05) is 17.7 Å². The van der Waals surface area contributed by atoms with E-state index in [1.165, 1.54) is 7.11 Å². The number of halogens is 1.